The predicted octanol–water partition coefficient (Wildman–Crippen LogP) is 7.23. The van der Waals surface area contributed by atoms with Crippen LogP contribution in [0.2, 0.25) is 10.0 Å². The number of aromatic nitrogens is 2. The van der Waals surface area contributed by atoms with Gasteiger partial charge >= 0.3 is 0 Å². The second-order valence-electron chi connectivity index (χ2n) is 8.43. The van der Waals surface area contributed by atoms with Gasteiger partial charge in [-0.1, -0.05) is 43.1 Å². The average molecular weight is 516 g/mol. The van der Waals surface area contributed by atoms with Crippen LogP contribution in [0.3, 0.4) is 0 Å². The molecular weight excluding hydrogens is 492 g/mol. The summed E-state index contributed by atoms with van der Waals surface area (Å²) in [5.41, 5.74) is 2.68. The van der Waals surface area contributed by atoms with Crippen LogP contribution in [0.25, 0.3) is 0 Å². The molecule has 0 atom stereocenters. The molecule has 4 rings (SSSR count). The molecule has 2 aromatic heterocycles. The maximum Gasteiger partial charge on any atom is 0.291 e. The Morgan fingerprint density at radius 3 is 2.74 bits per heavy atom. The number of furan rings is 1. The van der Waals surface area contributed by atoms with E-state index in [2.05, 4.69) is 24.3 Å². The van der Waals surface area contributed by atoms with E-state index in [1.54, 1.807) is 24.4 Å². The quantitative estimate of drug-likeness (QED) is 0.268. The Kier molecular flexibility index (Phi) is 7.48. The molecule has 0 bridgehead atoms. The van der Waals surface area contributed by atoms with E-state index in [1.807, 2.05) is 19.1 Å². The average Bonchev–Trinajstić information content (AvgIpc) is 3.46. The Morgan fingerprint density at radius 2 is 2.00 bits per heavy atom. The zero-order valence-corrected chi connectivity index (χ0v) is 21.0. The summed E-state index contributed by atoms with van der Waals surface area (Å²) in [6.45, 7) is 6.34. The first-order valence-corrected chi connectivity index (χ1v) is 11.7. The number of anilines is 1. The van der Waals surface area contributed by atoms with Crippen LogP contribution in [0.15, 0.2) is 59.3 Å². The van der Waals surface area contributed by atoms with Crippen molar-refractivity contribution in [2.24, 2.45) is 0 Å². The number of hydrogen-bond acceptors (Lipinski definition) is 4. The van der Waals surface area contributed by atoms with Crippen LogP contribution < -0.4 is 10.1 Å². The predicted molar refractivity (Wildman–Crippen MR) is 134 cm³/mol. The van der Waals surface area contributed by atoms with Crippen LogP contribution in [0, 0.1) is 12.7 Å². The monoisotopic (exact) mass is 515 g/mol. The summed E-state index contributed by atoms with van der Waals surface area (Å²) in [6, 6.07) is 11.6. The van der Waals surface area contributed by atoms with Crippen LogP contribution in [0.4, 0.5) is 10.1 Å². The van der Waals surface area contributed by atoms with Crippen LogP contribution in [-0.4, -0.2) is 15.7 Å². The Bertz CT molecular complexity index is 1340. The largest absolute Gasteiger partial charge is 0.485 e. The van der Waals surface area contributed by atoms with E-state index in [0.717, 1.165) is 16.9 Å². The molecule has 1 N–H and O–H groups in total. The van der Waals surface area contributed by atoms with Gasteiger partial charge in [-0.15, -0.1) is 0 Å². The molecule has 4 aromatic rings. The fourth-order valence-electron chi connectivity index (χ4n) is 3.53. The van der Waals surface area contributed by atoms with Crippen molar-refractivity contribution < 1.29 is 18.3 Å². The van der Waals surface area contributed by atoms with E-state index in [-0.39, 0.29) is 24.8 Å². The maximum absolute atomic E-state index is 14.0. The second-order valence-corrected chi connectivity index (χ2v) is 9.24. The number of nitrogens with one attached hydrogen (secondary N) is 1. The molecule has 9 heteroatoms. The van der Waals surface area contributed by atoms with E-state index in [0.29, 0.717) is 27.1 Å². The Hall–Kier alpha value is -3.29. The third-order valence-electron chi connectivity index (χ3n) is 5.44. The Labute approximate surface area is 212 Å². The van der Waals surface area contributed by atoms with E-state index in [4.69, 9.17) is 32.4 Å². The van der Waals surface area contributed by atoms with Crippen molar-refractivity contribution in [3.05, 3.63) is 98.9 Å². The molecule has 0 spiro atoms. The number of amides is 1. The van der Waals surface area contributed by atoms with Gasteiger partial charge in [-0.3, -0.25) is 9.48 Å². The molecule has 2 heterocycles. The van der Waals surface area contributed by atoms with Crippen molar-refractivity contribution in [1.29, 1.82) is 0 Å². The molecule has 0 aliphatic heterocycles. The highest BCUT2D eigenvalue weighted by Crippen LogP contribution is 2.32. The minimum Gasteiger partial charge on any atom is -0.485 e. The van der Waals surface area contributed by atoms with Crippen molar-refractivity contribution in [3.63, 3.8) is 0 Å². The number of carbonyl (C=O) groups is 1. The normalized spacial score (nSPS) is 11.2. The number of nitrogens with zero attached hydrogens (tertiary/aromatic N) is 2. The lowest BCUT2D eigenvalue weighted by Gasteiger charge is -2.15. The molecule has 0 fully saturated rings. The van der Waals surface area contributed by atoms with Gasteiger partial charge in [0.25, 0.3) is 5.91 Å². The van der Waals surface area contributed by atoms with Crippen LogP contribution >= 0.6 is 23.2 Å². The summed E-state index contributed by atoms with van der Waals surface area (Å²) in [5, 5.41) is 7.88. The molecule has 182 valence electrons. The topological polar surface area (TPSA) is 69.3 Å². The number of benzene rings is 2. The minimum atomic E-state index is -0.440. The zero-order valence-electron chi connectivity index (χ0n) is 19.4. The summed E-state index contributed by atoms with van der Waals surface area (Å²) in [5.74, 6) is 0.735. The molecule has 6 nitrogen and oxygen atoms in total. The van der Waals surface area contributed by atoms with E-state index >= 15 is 0 Å². The number of ether oxygens (including phenoxy) is 1. The van der Waals surface area contributed by atoms with Gasteiger partial charge in [0.15, 0.2) is 5.76 Å². The first-order valence-electron chi connectivity index (χ1n) is 11.0. The van der Waals surface area contributed by atoms with Crippen molar-refractivity contribution in [1.82, 2.24) is 9.78 Å². The van der Waals surface area contributed by atoms with Gasteiger partial charge in [0, 0.05) is 21.8 Å². The maximum atomic E-state index is 14.0. The third-order valence-corrected chi connectivity index (χ3v) is 6.20. The third kappa shape index (κ3) is 5.86. The smallest absolute Gasteiger partial charge is 0.291 e. The summed E-state index contributed by atoms with van der Waals surface area (Å²) < 4.78 is 27.2. The molecule has 35 heavy (non-hydrogen) atoms. The summed E-state index contributed by atoms with van der Waals surface area (Å²) in [4.78, 5) is 12.6. The first kappa shape index (κ1) is 24.8. The molecule has 0 aliphatic rings. The standard InChI is InChI=1S/C26H24Cl2FN3O3/c1-15(2)19-10-22(28)16(3)9-25(19)34-14-18-7-8-24(35-18)26(33)31-17-11-30-32(12-17)13-20-21(27)5-4-6-23(20)29/h4-12,15H,13-14H2,1-3H3,(H,31,33). The fourth-order valence-corrected chi connectivity index (χ4v) is 3.92. The lowest BCUT2D eigenvalue weighted by Crippen LogP contribution is -2.10. The van der Waals surface area contributed by atoms with Gasteiger partial charge < -0.3 is 14.5 Å². The molecule has 2 aromatic carbocycles. The Balaban J connectivity index is 1.39. The molecule has 0 saturated heterocycles. The van der Waals surface area contributed by atoms with Crippen molar-refractivity contribution in [2.45, 2.75) is 39.8 Å². The number of halogens is 3. The molecular formula is C26H24Cl2FN3O3. The summed E-state index contributed by atoms with van der Waals surface area (Å²) in [7, 11) is 0. The lowest BCUT2D eigenvalue weighted by molar-refractivity contribution is 0.0992. The van der Waals surface area contributed by atoms with Crippen molar-refractivity contribution >= 4 is 34.8 Å². The molecule has 0 radical (unpaired) electrons. The molecule has 0 saturated carbocycles. The van der Waals surface area contributed by atoms with Crippen molar-refractivity contribution in [2.75, 3.05) is 5.32 Å². The van der Waals surface area contributed by atoms with Gasteiger partial charge in [0.2, 0.25) is 0 Å². The van der Waals surface area contributed by atoms with Crippen LogP contribution in [-0.2, 0) is 13.2 Å². The highest BCUT2D eigenvalue weighted by molar-refractivity contribution is 6.31. The SMILES string of the molecule is Cc1cc(OCc2ccc(C(=O)Nc3cnn(Cc4c(F)cccc4Cl)c3)o2)c(C(C)C)cc1Cl. The van der Waals surface area contributed by atoms with Crippen LogP contribution in [0.5, 0.6) is 5.75 Å². The number of hydrogen-bond donors (Lipinski definition) is 1. The lowest BCUT2D eigenvalue weighted by atomic mass is 10.0. The van der Waals surface area contributed by atoms with Gasteiger partial charge in [0.05, 0.1) is 18.4 Å². The summed E-state index contributed by atoms with van der Waals surface area (Å²) in [6.07, 6.45) is 3.06. The fraction of sp³-hybridized carbons (Fsp3) is 0.231. The van der Waals surface area contributed by atoms with Gasteiger partial charge in [-0.25, -0.2) is 4.39 Å². The second kappa shape index (κ2) is 10.5. The van der Waals surface area contributed by atoms with E-state index in [9.17, 15) is 9.18 Å². The zero-order chi connectivity index (χ0) is 25.1. The van der Waals surface area contributed by atoms with E-state index < -0.39 is 11.7 Å². The highest BCUT2D eigenvalue weighted by atomic mass is 35.5. The first-order chi connectivity index (χ1) is 16.7. The summed E-state index contributed by atoms with van der Waals surface area (Å²) >= 11 is 12.3. The Morgan fingerprint density at radius 1 is 1.20 bits per heavy atom. The molecule has 1 amide bonds. The number of rotatable bonds is 8. The number of aryl methyl sites for hydroxylation is 1. The van der Waals surface area contributed by atoms with E-state index in [1.165, 1.54) is 23.0 Å². The molecule has 0 aliphatic carbocycles. The minimum absolute atomic E-state index is 0.130. The highest BCUT2D eigenvalue weighted by Gasteiger charge is 2.16. The van der Waals surface area contributed by atoms with Gasteiger partial charge in [0.1, 0.15) is 23.9 Å². The van der Waals surface area contributed by atoms with Gasteiger partial charge in [-0.2, -0.15) is 5.10 Å². The number of carbonyl (C=O) groups excluding carboxylic acids is 1. The molecule has 0 unspecified atom stereocenters. The van der Waals surface area contributed by atoms with Gasteiger partial charge in [-0.05, 0) is 60.4 Å². The van der Waals surface area contributed by atoms with Crippen molar-refractivity contribution in [3.8, 4) is 5.75 Å². The van der Waals surface area contributed by atoms with Crippen LogP contribution in [0.1, 0.15) is 52.8 Å².